The number of anilines is 2. The topological polar surface area (TPSA) is 108 Å². The Labute approximate surface area is 148 Å². The van der Waals surface area contributed by atoms with Gasteiger partial charge in [-0.3, -0.25) is 14.9 Å². The van der Waals surface area contributed by atoms with Crippen LogP contribution in [0.25, 0.3) is 0 Å². The van der Waals surface area contributed by atoms with E-state index in [1.807, 2.05) is 13.0 Å². The molecule has 126 valence electrons. The molecule has 0 unspecified atom stereocenters. The highest BCUT2D eigenvalue weighted by Crippen LogP contribution is 2.26. The fourth-order valence-corrected chi connectivity index (χ4v) is 2.13. The molecule has 25 heavy (non-hydrogen) atoms. The van der Waals surface area contributed by atoms with Crippen LogP contribution in [-0.2, 0) is 4.79 Å². The molecule has 0 bridgehead atoms. The van der Waals surface area contributed by atoms with Gasteiger partial charge in [0.2, 0.25) is 0 Å². The first kappa shape index (κ1) is 18.0. The summed E-state index contributed by atoms with van der Waals surface area (Å²) in [5.41, 5.74) is 1.36. The molecule has 0 saturated carbocycles. The summed E-state index contributed by atoms with van der Waals surface area (Å²) >= 11 is 5.96. The van der Waals surface area contributed by atoms with Crippen molar-refractivity contribution in [2.75, 3.05) is 10.6 Å². The molecule has 0 fully saturated rings. The third-order valence-corrected chi connectivity index (χ3v) is 3.50. The Morgan fingerprint density at radius 1 is 1.32 bits per heavy atom. The van der Waals surface area contributed by atoms with Gasteiger partial charge < -0.3 is 10.6 Å². The molecule has 0 aliphatic heterocycles. The largest absolute Gasteiger partial charge is 0.359 e. The molecule has 7 nitrogen and oxygen atoms in total. The van der Waals surface area contributed by atoms with E-state index in [9.17, 15) is 14.9 Å². The second-order valence-corrected chi connectivity index (χ2v) is 5.47. The number of halogens is 1. The van der Waals surface area contributed by atoms with Gasteiger partial charge in [-0.05, 0) is 30.7 Å². The number of rotatable bonds is 5. The summed E-state index contributed by atoms with van der Waals surface area (Å²) in [6.07, 6.45) is 1.15. The fraction of sp³-hybridized carbons (Fsp3) is 0.0588. The van der Waals surface area contributed by atoms with Crippen LogP contribution in [0, 0.1) is 28.4 Å². The van der Waals surface area contributed by atoms with Crippen LogP contribution >= 0.6 is 11.6 Å². The van der Waals surface area contributed by atoms with Gasteiger partial charge in [-0.25, -0.2) is 0 Å². The molecule has 0 aliphatic rings. The fourth-order valence-electron chi connectivity index (χ4n) is 1.96. The monoisotopic (exact) mass is 356 g/mol. The predicted molar refractivity (Wildman–Crippen MR) is 95.2 cm³/mol. The van der Waals surface area contributed by atoms with Crippen LogP contribution in [0.15, 0.2) is 54.2 Å². The Bertz CT molecular complexity index is 903. The molecule has 2 rings (SSSR count). The van der Waals surface area contributed by atoms with Gasteiger partial charge in [-0.15, -0.1) is 0 Å². The van der Waals surface area contributed by atoms with Crippen molar-refractivity contribution in [3.8, 4) is 6.07 Å². The summed E-state index contributed by atoms with van der Waals surface area (Å²) in [5.74, 6) is -0.609. The highest BCUT2D eigenvalue weighted by Gasteiger charge is 2.12. The molecule has 0 spiro atoms. The average Bonchev–Trinajstić information content (AvgIpc) is 2.56. The van der Waals surface area contributed by atoms with Crippen LogP contribution in [0.4, 0.5) is 17.1 Å². The lowest BCUT2D eigenvalue weighted by Crippen LogP contribution is -2.14. The van der Waals surface area contributed by atoms with E-state index >= 15 is 0 Å². The van der Waals surface area contributed by atoms with Crippen molar-refractivity contribution in [2.45, 2.75) is 6.92 Å². The number of aryl methyl sites for hydroxylation is 1. The van der Waals surface area contributed by atoms with Gasteiger partial charge in [0, 0.05) is 24.0 Å². The van der Waals surface area contributed by atoms with Gasteiger partial charge in [0.05, 0.1) is 15.6 Å². The number of non-ortho nitro benzene ring substituents is 1. The molecule has 2 N–H and O–H groups in total. The zero-order chi connectivity index (χ0) is 18.4. The summed E-state index contributed by atoms with van der Waals surface area (Å²) in [6.45, 7) is 1.88. The number of amides is 1. The van der Waals surface area contributed by atoms with Crippen LogP contribution in [0.3, 0.4) is 0 Å². The maximum Gasteiger partial charge on any atom is 0.271 e. The van der Waals surface area contributed by atoms with E-state index in [4.69, 9.17) is 16.9 Å². The number of benzene rings is 2. The number of carbonyl (C=O) groups excluding carboxylic acids is 1. The van der Waals surface area contributed by atoms with Crippen molar-refractivity contribution in [2.24, 2.45) is 0 Å². The minimum absolute atomic E-state index is 0.164. The minimum Gasteiger partial charge on any atom is -0.359 e. The first-order valence-corrected chi connectivity index (χ1v) is 7.47. The smallest absolute Gasteiger partial charge is 0.271 e. The third-order valence-electron chi connectivity index (χ3n) is 3.17. The zero-order valence-electron chi connectivity index (χ0n) is 13.1. The molecule has 0 aliphatic carbocycles. The van der Waals surface area contributed by atoms with Crippen LogP contribution in [-0.4, -0.2) is 10.8 Å². The maximum atomic E-state index is 12.2. The Kier molecular flexibility index (Phi) is 5.71. The highest BCUT2D eigenvalue weighted by molar-refractivity contribution is 6.33. The maximum absolute atomic E-state index is 12.2. The van der Waals surface area contributed by atoms with E-state index in [0.717, 1.165) is 11.8 Å². The summed E-state index contributed by atoms with van der Waals surface area (Å²) in [7, 11) is 0. The Morgan fingerprint density at radius 2 is 2.08 bits per heavy atom. The lowest BCUT2D eigenvalue weighted by Gasteiger charge is -2.07. The Hall–Kier alpha value is -3.37. The van der Waals surface area contributed by atoms with Gasteiger partial charge in [-0.2, -0.15) is 5.26 Å². The molecule has 0 aromatic heterocycles. The normalized spacial score (nSPS) is 10.7. The number of hydrogen-bond donors (Lipinski definition) is 2. The first-order valence-electron chi connectivity index (χ1n) is 7.09. The van der Waals surface area contributed by atoms with E-state index in [2.05, 4.69) is 10.6 Å². The van der Waals surface area contributed by atoms with Crippen molar-refractivity contribution in [1.82, 2.24) is 0 Å². The van der Waals surface area contributed by atoms with Gasteiger partial charge in [0.1, 0.15) is 11.6 Å². The van der Waals surface area contributed by atoms with Gasteiger partial charge in [0.15, 0.2) is 0 Å². The van der Waals surface area contributed by atoms with Crippen LogP contribution in [0.5, 0.6) is 0 Å². The van der Waals surface area contributed by atoms with Gasteiger partial charge in [-0.1, -0.05) is 23.7 Å². The molecule has 0 radical (unpaired) electrons. The van der Waals surface area contributed by atoms with Crippen LogP contribution in [0.2, 0.25) is 5.02 Å². The molecule has 8 heteroatoms. The number of hydrogen-bond acceptors (Lipinski definition) is 5. The van der Waals surface area contributed by atoms with Crippen molar-refractivity contribution in [3.05, 3.63) is 74.9 Å². The Balaban J connectivity index is 2.18. The highest BCUT2D eigenvalue weighted by atomic mass is 35.5. The standard InChI is InChI=1S/C17H13ClN4O3/c1-11-3-2-4-13(7-11)21-17(23)12(9-19)10-20-16-8-14(22(24)25)5-6-15(16)18/h2-8,10,20H,1H3,(H,21,23)/b12-10-. The lowest BCUT2D eigenvalue weighted by molar-refractivity contribution is -0.384. The second-order valence-electron chi connectivity index (χ2n) is 5.06. The summed E-state index contributed by atoms with van der Waals surface area (Å²) in [4.78, 5) is 22.4. The first-order chi connectivity index (χ1) is 11.9. The Morgan fingerprint density at radius 3 is 2.72 bits per heavy atom. The van der Waals surface area contributed by atoms with Gasteiger partial charge >= 0.3 is 0 Å². The lowest BCUT2D eigenvalue weighted by atomic mass is 10.2. The molecule has 0 heterocycles. The van der Waals surface area contributed by atoms with E-state index in [0.29, 0.717) is 5.69 Å². The quantitative estimate of drug-likeness (QED) is 0.364. The predicted octanol–water partition coefficient (Wildman–Crippen LogP) is 4.01. The van der Waals surface area contributed by atoms with Crippen LogP contribution in [0.1, 0.15) is 5.56 Å². The molecule has 1 amide bonds. The van der Waals surface area contributed by atoms with E-state index in [1.165, 1.54) is 18.2 Å². The summed E-state index contributed by atoms with van der Waals surface area (Å²) < 4.78 is 0. The molecule has 2 aromatic rings. The molecule has 0 saturated heterocycles. The number of carbonyl (C=O) groups is 1. The van der Waals surface area contributed by atoms with Gasteiger partial charge in [0.25, 0.3) is 11.6 Å². The summed E-state index contributed by atoms with van der Waals surface area (Å²) in [6, 6.07) is 12.7. The van der Waals surface area contributed by atoms with E-state index in [1.54, 1.807) is 24.3 Å². The number of nitriles is 1. The minimum atomic E-state index is -0.609. The molecule has 2 aromatic carbocycles. The summed E-state index contributed by atoms with van der Waals surface area (Å²) in [5, 5.41) is 25.4. The number of nitrogens with zero attached hydrogens (tertiary/aromatic N) is 2. The molecular formula is C17H13ClN4O3. The molecular weight excluding hydrogens is 344 g/mol. The van der Waals surface area contributed by atoms with Crippen molar-refractivity contribution in [1.29, 1.82) is 5.26 Å². The molecule has 0 atom stereocenters. The van der Waals surface area contributed by atoms with Crippen molar-refractivity contribution in [3.63, 3.8) is 0 Å². The number of nitro groups is 1. The number of nitro benzene ring substituents is 1. The third kappa shape index (κ3) is 4.80. The van der Waals surface area contributed by atoms with Crippen LogP contribution < -0.4 is 10.6 Å². The van der Waals surface area contributed by atoms with E-state index in [-0.39, 0.29) is 22.0 Å². The average molecular weight is 357 g/mol. The SMILES string of the molecule is Cc1cccc(NC(=O)/C(C#N)=C\Nc2cc([N+](=O)[O-])ccc2Cl)c1. The second kappa shape index (κ2) is 7.95. The van der Waals surface area contributed by atoms with Crippen molar-refractivity contribution >= 4 is 34.6 Å². The number of nitrogens with one attached hydrogen (secondary N) is 2. The zero-order valence-corrected chi connectivity index (χ0v) is 13.9. The van der Waals surface area contributed by atoms with Crippen molar-refractivity contribution < 1.29 is 9.72 Å². The van der Waals surface area contributed by atoms with E-state index < -0.39 is 10.8 Å².